The molecule has 2 aliphatic heterocycles. The van der Waals surface area contributed by atoms with E-state index < -0.39 is 8.10 Å². The fraction of sp³-hybridized carbons (Fsp3) is 0.368. The van der Waals surface area contributed by atoms with Crippen LogP contribution in [-0.4, -0.2) is 19.2 Å². The Kier molecular flexibility index (Phi) is 4.26. The molecule has 2 fully saturated rings. The van der Waals surface area contributed by atoms with Gasteiger partial charge in [0.25, 0.3) is 0 Å². The van der Waals surface area contributed by atoms with E-state index in [1.807, 2.05) is 39.7 Å². The van der Waals surface area contributed by atoms with Gasteiger partial charge in [-0.3, -0.25) is 0 Å². The van der Waals surface area contributed by atoms with Gasteiger partial charge < -0.3 is 4.74 Å². The van der Waals surface area contributed by atoms with Gasteiger partial charge in [0.05, 0.1) is 30.6 Å². The highest BCUT2D eigenvalue weighted by Gasteiger charge is 2.39. The zero-order valence-corrected chi connectivity index (χ0v) is 14.7. The number of ether oxygens (including phenoxy) is 1. The van der Waals surface area contributed by atoms with Gasteiger partial charge >= 0.3 is 8.10 Å². The lowest BCUT2D eigenvalue weighted by molar-refractivity contribution is 0.383. The van der Waals surface area contributed by atoms with Crippen molar-refractivity contribution < 1.29 is 9.30 Å². The highest BCUT2D eigenvalue weighted by molar-refractivity contribution is 7.48. The third-order valence-electron chi connectivity index (χ3n) is 4.69. The molecule has 3 atom stereocenters. The normalized spacial score (nSPS) is 25.5. The summed E-state index contributed by atoms with van der Waals surface area (Å²) in [4.78, 5) is 0. The molecule has 0 spiro atoms. The first-order chi connectivity index (χ1) is 11.7. The second-order valence-corrected chi connectivity index (χ2v) is 7.87. The summed E-state index contributed by atoms with van der Waals surface area (Å²) in [6.07, 6.45) is 2.66. The van der Waals surface area contributed by atoms with Crippen LogP contribution in [0.4, 0.5) is 11.4 Å². The van der Waals surface area contributed by atoms with E-state index in [2.05, 4.69) is 31.2 Å². The Hall–Kier alpha value is -1.90. The van der Waals surface area contributed by atoms with E-state index >= 15 is 0 Å². The summed E-state index contributed by atoms with van der Waals surface area (Å²) < 4.78 is 22.8. The smallest absolute Gasteiger partial charge is 0.365 e. The molecule has 0 saturated carbocycles. The number of para-hydroxylation sites is 1. The van der Waals surface area contributed by atoms with E-state index in [1.54, 1.807) is 0 Å². The lowest BCUT2D eigenvalue weighted by Crippen LogP contribution is -2.22. The van der Waals surface area contributed by atoms with E-state index in [4.69, 9.17) is 4.74 Å². The summed E-state index contributed by atoms with van der Waals surface area (Å²) in [5.41, 5.74) is 3.26. The van der Waals surface area contributed by atoms with Crippen molar-refractivity contribution in [3.05, 3.63) is 60.2 Å². The third kappa shape index (κ3) is 3.04. The number of epoxide rings is 1. The Morgan fingerprint density at radius 2 is 1.46 bits per heavy atom. The fourth-order valence-electron chi connectivity index (χ4n) is 3.25. The highest BCUT2D eigenvalue weighted by Crippen LogP contribution is 2.44. The van der Waals surface area contributed by atoms with Crippen LogP contribution in [0.15, 0.2) is 54.6 Å². The van der Waals surface area contributed by atoms with Crippen LogP contribution < -0.4 is 9.34 Å². The van der Waals surface area contributed by atoms with Gasteiger partial charge in [0.2, 0.25) is 0 Å². The van der Waals surface area contributed by atoms with E-state index in [-0.39, 0.29) is 6.10 Å². The molecule has 1 unspecified atom stereocenters. The Balaban J connectivity index is 1.58. The minimum absolute atomic E-state index is 0.234. The van der Waals surface area contributed by atoms with E-state index in [9.17, 15) is 4.57 Å². The fourth-order valence-corrected chi connectivity index (χ4v) is 4.80. The highest BCUT2D eigenvalue weighted by atomic mass is 31.1. The maximum Gasteiger partial charge on any atom is 0.595 e. The van der Waals surface area contributed by atoms with Gasteiger partial charge in [-0.05, 0) is 54.2 Å². The van der Waals surface area contributed by atoms with Crippen molar-refractivity contribution in [3.63, 3.8) is 0 Å². The van der Waals surface area contributed by atoms with Gasteiger partial charge in [-0.15, -0.1) is 9.34 Å². The van der Waals surface area contributed by atoms with Crippen molar-refractivity contribution in [2.24, 2.45) is 0 Å². The summed E-state index contributed by atoms with van der Waals surface area (Å²) in [5, 5.41) is 0. The van der Waals surface area contributed by atoms with Crippen molar-refractivity contribution in [2.75, 3.05) is 22.4 Å². The predicted molar refractivity (Wildman–Crippen MR) is 97.7 cm³/mol. The molecule has 2 aromatic carbocycles. The summed E-state index contributed by atoms with van der Waals surface area (Å²) >= 11 is 0. The first-order valence-electron chi connectivity index (χ1n) is 8.57. The summed E-state index contributed by atoms with van der Waals surface area (Å²) in [6.45, 7) is 3.75. The number of nitrogens with zero attached hydrogens (tertiary/aromatic N) is 2. The molecule has 0 bridgehead atoms. The molecule has 24 heavy (non-hydrogen) atoms. The lowest BCUT2D eigenvalue weighted by Gasteiger charge is -2.16. The summed E-state index contributed by atoms with van der Waals surface area (Å²) in [5.74, 6) is 0. The molecular formula is C19H22N2O2P+. The minimum atomic E-state index is -1.63. The molecule has 4 nitrogen and oxygen atoms in total. The third-order valence-corrected chi connectivity index (χ3v) is 6.38. The average molecular weight is 341 g/mol. The number of anilines is 2. The summed E-state index contributed by atoms with van der Waals surface area (Å²) in [6, 6.07) is 18.4. The van der Waals surface area contributed by atoms with Crippen LogP contribution in [0.1, 0.15) is 31.4 Å². The van der Waals surface area contributed by atoms with Crippen LogP contribution in [-0.2, 0) is 9.30 Å². The van der Waals surface area contributed by atoms with Crippen molar-refractivity contribution in [2.45, 2.75) is 32.0 Å². The molecule has 2 aliphatic rings. The first-order valence-corrected chi connectivity index (χ1v) is 9.73. The molecule has 0 radical (unpaired) electrons. The molecule has 2 saturated heterocycles. The average Bonchev–Trinajstić information content (AvgIpc) is 3.38. The predicted octanol–water partition coefficient (Wildman–Crippen LogP) is 4.91. The maximum atomic E-state index is 13.2. The van der Waals surface area contributed by atoms with E-state index in [1.165, 1.54) is 5.56 Å². The van der Waals surface area contributed by atoms with E-state index in [0.29, 0.717) is 6.10 Å². The Morgan fingerprint density at radius 1 is 0.917 bits per heavy atom. The standard InChI is InChI=1S/C19H22N2O2P/c1-15-19(23-15)16-9-11-18(12-10-16)21-14-6-5-13-20(24(21)22)17-7-3-2-4-8-17/h2-4,7-12,15,19H,5-6,13-14H2,1H3/q+1/t15-,19-/m1/s1. The van der Waals surface area contributed by atoms with Crippen molar-refractivity contribution in [3.8, 4) is 0 Å². The Labute approximate surface area is 143 Å². The van der Waals surface area contributed by atoms with Gasteiger partial charge in [-0.1, -0.05) is 30.3 Å². The van der Waals surface area contributed by atoms with Gasteiger partial charge in [-0.2, -0.15) is 0 Å². The lowest BCUT2D eigenvalue weighted by atomic mass is 10.1. The first kappa shape index (κ1) is 15.6. The van der Waals surface area contributed by atoms with Crippen LogP contribution in [0.2, 0.25) is 0 Å². The molecule has 5 heteroatoms. The molecule has 2 aromatic rings. The van der Waals surface area contributed by atoms with Crippen LogP contribution in [0.5, 0.6) is 0 Å². The van der Waals surface area contributed by atoms with Gasteiger partial charge in [0.15, 0.2) is 0 Å². The number of hydrogen-bond acceptors (Lipinski definition) is 2. The number of hydrogen-bond donors (Lipinski definition) is 0. The molecule has 2 heterocycles. The van der Waals surface area contributed by atoms with E-state index in [0.717, 1.165) is 37.3 Å². The van der Waals surface area contributed by atoms with Crippen molar-refractivity contribution >= 4 is 19.5 Å². The van der Waals surface area contributed by atoms with Gasteiger partial charge in [0.1, 0.15) is 6.10 Å². The summed E-state index contributed by atoms with van der Waals surface area (Å²) in [7, 11) is -1.63. The van der Waals surface area contributed by atoms with Crippen LogP contribution >= 0.6 is 8.10 Å². The maximum absolute atomic E-state index is 13.2. The zero-order chi connectivity index (χ0) is 16.5. The molecular weight excluding hydrogens is 319 g/mol. The topological polar surface area (TPSA) is 36.1 Å². The number of rotatable bonds is 3. The van der Waals surface area contributed by atoms with Crippen LogP contribution in [0.25, 0.3) is 0 Å². The largest absolute Gasteiger partial charge is 0.595 e. The van der Waals surface area contributed by atoms with Gasteiger partial charge in [0, 0.05) is 0 Å². The quantitative estimate of drug-likeness (QED) is 0.587. The second kappa shape index (κ2) is 6.54. The zero-order valence-electron chi connectivity index (χ0n) is 13.8. The minimum Gasteiger partial charge on any atom is -0.365 e. The molecule has 0 N–H and O–H groups in total. The van der Waals surface area contributed by atoms with Gasteiger partial charge in [-0.25, -0.2) is 0 Å². The number of benzene rings is 2. The molecule has 0 aliphatic carbocycles. The molecule has 0 aromatic heterocycles. The van der Waals surface area contributed by atoms with Crippen LogP contribution in [0, 0.1) is 0 Å². The SMILES string of the molecule is C[C@H]1O[C@H]1c1ccc(N2CCCCN(c3ccccc3)[P+]2=O)cc1. The Morgan fingerprint density at radius 3 is 2.00 bits per heavy atom. The molecule has 124 valence electrons. The second-order valence-electron chi connectivity index (χ2n) is 6.40. The molecule has 4 rings (SSSR count). The van der Waals surface area contributed by atoms with Crippen molar-refractivity contribution in [1.82, 2.24) is 0 Å². The Bertz CT molecular complexity index is 720. The van der Waals surface area contributed by atoms with Crippen LogP contribution in [0.3, 0.4) is 0 Å². The molecule has 0 amide bonds. The van der Waals surface area contributed by atoms with Crippen molar-refractivity contribution in [1.29, 1.82) is 0 Å². The monoisotopic (exact) mass is 341 g/mol.